The first-order valence-electron chi connectivity index (χ1n) is 6.46. The van der Waals surface area contributed by atoms with Crippen LogP contribution < -0.4 is 4.90 Å². The van der Waals surface area contributed by atoms with E-state index in [0.29, 0.717) is 16.2 Å². The van der Waals surface area contributed by atoms with Crippen LogP contribution in [-0.2, 0) is 4.79 Å². The fourth-order valence-electron chi connectivity index (χ4n) is 2.09. The number of anilines is 1. The van der Waals surface area contributed by atoms with E-state index in [2.05, 4.69) is 0 Å². The van der Waals surface area contributed by atoms with Gasteiger partial charge < -0.3 is 10.2 Å². The highest BCUT2D eigenvalue weighted by molar-refractivity contribution is 8.19. The molecule has 0 atom stereocenters. The Hall–Kier alpha value is -2.73. The zero-order chi connectivity index (χ0) is 15.7. The largest absolute Gasteiger partial charge is 0.508 e. The van der Waals surface area contributed by atoms with Gasteiger partial charge in [-0.05, 0) is 42.1 Å². The van der Waals surface area contributed by atoms with E-state index in [1.165, 1.54) is 29.2 Å². The molecule has 1 aliphatic rings. The SMILES string of the molecule is N=C1S/C(=C\c2ccc(O)cc2O)C(=O)N1c1ccccc1. The number of thioether (sulfide) groups is 1. The molecular weight excluding hydrogens is 300 g/mol. The number of amidine groups is 1. The van der Waals surface area contributed by atoms with Crippen molar-refractivity contribution < 1.29 is 15.0 Å². The molecule has 0 aliphatic carbocycles. The lowest BCUT2D eigenvalue weighted by Crippen LogP contribution is -2.27. The van der Waals surface area contributed by atoms with Gasteiger partial charge in [-0.25, -0.2) is 0 Å². The monoisotopic (exact) mass is 312 g/mol. The molecule has 110 valence electrons. The summed E-state index contributed by atoms with van der Waals surface area (Å²) in [5, 5.41) is 27.2. The van der Waals surface area contributed by atoms with Crippen LogP contribution >= 0.6 is 11.8 Å². The fourth-order valence-corrected chi connectivity index (χ4v) is 2.95. The first-order chi connectivity index (χ1) is 10.6. The van der Waals surface area contributed by atoms with Crippen LogP contribution in [0.2, 0.25) is 0 Å². The third-order valence-corrected chi connectivity index (χ3v) is 4.03. The number of benzene rings is 2. The maximum Gasteiger partial charge on any atom is 0.271 e. The molecule has 0 saturated carbocycles. The van der Waals surface area contributed by atoms with Gasteiger partial charge in [-0.1, -0.05) is 18.2 Å². The molecule has 1 aliphatic heterocycles. The van der Waals surface area contributed by atoms with Crippen molar-refractivity contribution >= 4 is 34.6 Å². The van der Waals surface area contributed by atoms with Crippen molar-refractivity contribution in [2.75, 3.05) is 4.90 Å². The summed E-state index contributed by atoms with van der Waals surface area (Å²) in [5.41, 5.74) is 1.04. The van der Waals surface area contributed by atoms with Gasteiger partial charge in [-0.15, -0.1) is 0 Å². The number of hydrogen-bond acceptors (Lipinski definition) is 5. The number of carbonyl (C=O) groups excluding carboxylic acids is 1. The second kappa shape index (κ2) is 5.57. The van der Waals surface area contributed by atoms with Crippen LogP contribution in [0.15, 0.2) is 53.4 Å². The van der Waals surface area contributed by atoms with E-state index >= 15 is 0 Å². The van der Waals surface area contributed by atoms with E-state index in [-0.39, 0.29) is 22.6 Å². The van der Waals surface area contributed by atoms with Crippen LogP contribution in [0.25, 0.3) is 6.08 Å². The van der Waals surface area contributed by atoms with Gasteiger partial charge >= 0.3 is 0 Å². The summed E-state index contributed by atoms with van der Waals surface area (Å²) < 4.78 is 0. The number of nitrogens with zero attached hydrogens (tertiary/aromatic N) is 1. The highest BCUT2D eigenvalue weighted by atomic mass is 32.2. The maximum absolute atomic E-state index is 12.5. The average Bonchev–Trinajstić information content (AvgIpc) is 2.77. The lowest BCUT2D eigenvalue weighted by atomic mass is 10.1. The van der Waals surface area contributed by atoms with Crippen molar-refractivity contribution in [2.45, 2.75) is 0 Å². The molecule has 1 amide bonds. The lowest BCUT2D eigenvalue weighted by molar-refractivity contribution is -0.113. The van der Waals surface area contributed by atoms with Gasteiger partial charge in [0.2, 0.25) is 0 Å². The number of nitrogens with one attached hydrogen (secondary N) is 1. The van der Waals surface area contributed by atoms with Gasteiger partial charge in [0.1, 0.15) is 11.5 Å². The Morgan fingerprint density at radius 1 is 1.09 bits per heavy atom. The van der Waals surface area contributed by atoms with Crippen molar-refractivity contribution in [3.8, 4) is 11.5 Å². The molecule has 1 saturated heterocycles. The van der Waals surface area contributed by atoms with Crippen molar-refractivity contribution in [3.63, 3.8) is 0 Å². The molecule has 1 heterocycles. The maximum atomic E-state index is 12.5. The molecule has 3 N–H and O–H groups in total. The van der Waals surface area contributed by atoms with Crippen molar-refractivity contribution in [3.05, 3.63) is 59.0 Å². The lowest BCUT2D eigenvalue weighted by Gasteiger charge is -2.13. The Bertz CT molecular complexity index is 787. The molecule has 2 aromatic rings. The van der Waals surface area contributed by atoms with Crippen LogP contribution in [0.5, 0.6) is 11.5 Å². The quantitative estimate of drug-likeness (QED) is 0.744. The number of aromatic hydroxyl groups is 2. The molecule has 0 radical (unpaired) electrons. The van der Waals surface area contributed by atoms with E-state index in [1.54, 1.807) is 24.3 Å². The Labute approximate surface area is 131 Å². The average molecular weight is 312 g/mol. The normalized spacial score (nSPS) is 16.5. The number of amides is 1. The topological polar surface area (TPSA) is 84.6 Å². The molecule has 0 spiro atoms. The minimum Gasteiger partial charge on any atom is -0.508 e. The number of hydrogen-bond donors (Lipinski definition) is 3. The van der Waals surface area contributed by atoms with Crippen molar-refractivity contribution in [2.24, 2.45) is 0 Å². The van der Waals surface area contributed by atoms with Crippen molar-refractivity contribution in [1.82, 2.24) is 0 Å². The third-order valence-electron chi connectivity index (χ3n) is 3.14. The molecule has 2 aromatic carbocycles. The molecule has 0 aromatic heterocycles. The van der Waals surface area contributed by atoms with Gasteiger partial charge in [-0.3, -0.25) is 15.1 Å². The van der Waals surface area contributed by atoms with E-state index in [0.717, 1.165) is 11.8 Å². The predicted molar refractivity (Wildman–Crippen MR) is 87.0 cm³/mol. The van der Waals surface area contributed by atoms with Gasteiger partial charge in [0.15, 0.2) is 5.17 Å². The summed E-state index contributed by atoms with van der Waals surface area (Å²) in [6.07, 6.45) is 1.51. The Morgan fingerprint density at radius 2 is 1.82 bits per heavy atom. The second-order valence-corrected chi connectivity index (χ2v) is 5.67. The van der Waals surface area contributed by atoms with Crippen LogP contribution in [-0.4, -0.2) is 21.3 Å². The molecule has 0 bridgehead atoms. The van der Waals surface area contributed by atoms with Gasteiger partial charge in [-0.2, -0.15) is 0 Å². The first-order valence-corrected chi connectivity index (χ1v) is 7.27. The Morgan fingerprint density at radius 3 is 2.50 bits per heavy atom. The summed E-state index contributed by atoms with van der Waals surface area (Å²) >= 11 is 1.03. The van der Waals surface area contributed by atoms with E-state index < -0.39 is 0 Å². The zero-order valence-electron chi connectivity index (χ0n) is 11.4. The molecule has 0 unspecified atom stereocenters. The zero-order valence-corrected chi connectivity index (χ0v) is 12.2. The van der Waals surface area contributed by atoms with Gasteiger partial charge in [0.25, 0.3) is 5.91 Å². The number of phenols is 2. The second-order valence-electron chi connectivity index (χ2n) is 4.64. The summed E-state index contributed by atoms with van der Waals surface area (Å²) in [6, 6.07) is 13.1. The van der Waals surface area contributed by atoms with E-state index in [4.69, 9.17) is 5.41 Å². The standard InChI is InChI=1S/C16H12N2O3S/c17-16-18(11-4-2-1-3-5-11)15(21)14(22-16)8-10-6-7-12(19)9-13(10)20/h1-9,17,19-20H/b14-8-,17-16?. The summed E-state index contributed by atoms with van der Waals surface area (Å²) in [6.45, 7) is 0. The molecule has 1 fully saturated rings. The van der Waals surface area contributed by atoms with Crippen LogP contribution in [0.1, 0.15) is 5.56 Å². The van der Waals surface area contributed by atoms with E-state index in [1.807, 2.05) is 6.07 Å². The molecule has 3 rings (SSSR count). The summed E-state index contributed by atoms with van der Waals surface area (Å²) in [4.78, 5) is 14.1. The van der Waals surface area contributed by atoms with Gasteiger partial charge in [0.05, 0.1) is 10.6 Å². The van der Waals surface area contributed by atoms with Gasteiger partial charge in [0, 0.05) is 11.6 Å². The minimum absolute atomic E-state index is 0.0521. The molecular formula is C16H12N2O3S. The third kappa shape index (κ3) is 2.56. The Balaban J connectivity index is 1.96. The number of carbonyl (C=O) groups is 1. The summed E-state index contributed by atoms with van der Waals surface area (Å²) in [7, 11) is 0. The highest BCUT2D eigenvalue weighted by Gasteiger charge is 2.33. The molecule has 5 nitrogen and oxygen atoms in total. The van der Waals surface area contributed by atoms with E-state index in [9.17, 15) is 15.0 Å². The smallest absolute Gasteiger partial charge is 0.271 e. The minimum atomic E-state index is -0.311. The highest BCUT2D eigenvalue weighted by Crippen LogP contribution is 2.36. The Kier molecular flexibility index (Phi) is 3.60. The van der Waals surface area contributed by atoms with Crippen LogP contribution in [0, 0.1) is 5.41 Å². The summed E-state index contributed by atoms with van der Waals surface area (Å²) in [5.74, 6) is -0.483. The molecule has 22 heavy (non-hydrogen) atoms. The number of phenolic OH excluding ortho intramolecular Hbond substituents is 2. The van der Waals surface area contributed by atoms with Crippen LogP contribution in [0.4, 0.5) is 5.69 Å². The molecule has 6 heteroatoms. The van der Waals surface area contributed by atoms with Crippen LogP contribution in [0.3, 0.4) is 0 Å². The fraction of sp³-hybridized carbons (Fsp3) is 0. The predicted octanol–water partition coefficient (Wildman–Crippen LogP) is 3.15. The van der Waals surface area contributed by atoms with Crippen molar-refractivity contribution in [1.29, 1.82) is 5.41 Å². The number of para-hydroxylation sites is 1. The number of rotatable bonds is 2. The first kappa shape index (κ1) is 14.2.